The van der Waals surface area contributed by atoms with Crippen LogP contribution in [0.3, 0.4) is 0 Å². The van der Waals surface area contributed by atoms with E-state index < -0.39 is 0 Å². The van der Waals surface area contributed by atoms with E-state index in [0.717, 1.165) is 39.3 Å². The smallest absolute Gasteiger partial charge is 0.238 e. The van der Waals surface area contributed by atoms with Crippen LogP contribution in [0.1, 0.15) is 28.1 Å². The highest BCUT2D eigenvalue weighted by Gasteiger charge is 2.22. The van der Waals surface area contributed by atoms with Crippen LogP contribution in [0.2, 0.25) is 0 Å². The monoisotopic (exact) mass is 455 g/mol. The summed E-state index contributed by atoms with van der Waals surface area (Å²) in [5.74, 6) is 0.955. The largest absolute Gasteiger partial charge is 0.436 e. The van der Waals surface area contributed by atoms with Gasteiger partial charge in [0.05, 0.1) is 0 Å². The van der Waals surface area contributed by atoms with Crippen molar-refractivity contribution in [2.24, 2.45) is 4.99 Å². The molecule has 4 heteroatoms. The Labute approximate surface area is 205 Å². The van der Waals surface area contributed by atoms with E-state index in [1.165, 1.54) is 5.56 Å². The number of aromatic nitrogens is 1. The number of hydrogen-bond donors (Lipinski definition) is 0. The molecular weight excluding hydrogens is 430 g/mol. The first kappa shape index (κ1) is 22.2. The summed E-state index contributed by atoms with van der Waals surface area (Å²) >= 11 is 0. The Bertz CT molecular complexity index is 1550. The Hall–Kier alpha value is -4.62. The number of aliphatic imine (C=N–C) groups is 1. The summed E-state index contributed by atoms with van der Waals surface area (Å²) in [5, 5.41) is 10.1. The standard InChI is InChI=1S/C31H25N3O/c1-21-14-16-27(17-15-21)34-22(2)18-26(23(34)3)20-33-31-28(19-32)29(24-10-6-4-7-11-24)30(35-31)25-12-8-5-9-13-25/h4-18,20H,1-3H3. The first-order valence-corrected chi connectivity index (χ1v) is 11.5. The predicted molar refractivity (Wildman–Crippen MR) is 142 cm³/mol. The van der Waals surface area contributed by atoms with Gasteiger partial charge in [0, 0.05) is 40.0 Å². The Morgan fingerprint density at radius 2 is 1.46 bits per heavy atom. The summed E-state index contributed by atoms with van der Waals surface area (Å²) in [5.41, 5.74) is 8.52. The molecule has 0 spiro atoms. The highest BCUT2D eigenvalue weighted by atomic mass is 16.4. The fraction of sp³-hybridized carbons (Fsp3) is 0.0968. The zero-order chi connectivity index (χ0) is 24.4. The summed E-state index contributed by atoms with van der Waals surface area (Å²) in [6.45, 7) is 6.24. The fourth-order valence-corrected chi connectivity index (χ4v) is 4.42. The lowest BCUT2D eigenvalue weighted by atomic mass is 9.98. The quantitative estimate of drug-likeness (QED) is 0.252. The molecule has 5 rings (SSSR count). The zero-order valence-corrected chi connectivity index (χ0v) is 20.0. The van der Waals surface area contributed by atoms with Gasteiger partial charge in [0.1, 0.15) is 17.4 Å². The molecule has 0 unspecified atom stereocenters. The van der Waals surface area contributed by atoms with Gasteiger partial charge < -0.3 is 8.98 Å². The van der Waals surface area contributed by atoms with Crippen molar-refractivity contribution in [1.29, 1.82) is 5.26 Å². The molecule has 35 heavy (non-hydrogen) atoms. The number of nitrogens with zero attached hydrogens (tertiary/aromatic N) is 3. The van der Waals surface area contributed by atoms with E-state index >= 15 is 0 Å². The predicted octanol–water partition coefficient (Wildman–Crippen LogP) is 7.95. The molecule has 2 aromatic heterocycles. The molecule has 2 heterocycles. The van der Waals surface area contributed by atoms with Crippen molar-refractivity contribution in [2.45, 2.75) is 20.8 Å². The number of benzene rings is 3. The highest BCUT2D eigenvalue weighted by molar-refractivity contribution is 5.90. The van der Waals surface area contributed by atoms with Gasteiger partial charge in [-0.2, -0.15) is 5.26 Å². The molecule has 0 bridgehead atoms. The van der Waals surface area contributed by atoms with Crippen LogP contribution in [0, 0.1) is 32.1 Å². The van der Waals surface area contributed by atoms with Crippen LogP contribution in [-0.4, -0.2) is 10.8 Å². The topological polar surface area (TPSA) is 54.2 Å². The average molecular weight is 456 g/mol. The first-order valence-electron chi connectivity index (χ1n) is 11.5. The molecule has 0 saturated heterocycles. The van der Waals surface area contributed by atoms with Gasteiger partial charge in [-0.25, -0.2) is 4.99 Å². The lowest BCUT2D eigenvalue weighted by molar-refractivity contribution is 0.593. The number of nitriles is 1. The van der Waals surface area contributed by atoms with Crippen LogP contribution < -0.4 is 0 Å². The van der Waals surface area contributed by atoms with Gasteiger partial charge in [0.2, 0.25) is 5.88 Å². The number of furan rings is 1. The molecule has 0 fully saturated rings. The minimum Gasteiger partial charge on any atom is -0.436 e. The van der Waals surface area contributed by atoms with Crippen molar-refractivity contribution in [2.75, 3.05) is 0 Å². The van der Waals surface area contributed by atoms with E-state index in [4.69, 9.17) is 4.42 Å². The van der Waals surface area contributed by atoms with Gasteiger partial charge in [-0.15, -0.1) is 0 Å². The van der Waals surface area contributed by atoms with Gasteiger partial charge in [-0.1, -0.05) is 78.4 Å². The Morgan fingerprint density at radius 1 is 0.829 bits per heavy atom. The van der Waals surface area contributed by atoms with Gasteiger partial charge >= 0.3 is 0 Å². The van der Waals surface area contributed by atoms with Crippen molar-refractivity contribution in [3.8, 4) is 34.2 Å². The van der Waals surface area contributed by atoms with E-state index in [0.29, 0.717) is 17.2 Å². The molecule has 3 aromatic carbocycles. The minimum atomic E-state index is 0.311. The molecule has 4 nitrogen and oxygen atoms in total. The van der Waals surface area contributed by atoms with Gasteiger partial charge in [-0.05, 0) is 44.5 Å². The van der Waals surface area contributed by atoms with Gasteiger partial charge in [0.25, 0.3) is 0 Å². The van der Waals surface area contributed by atoms with Gasteiger partial charge in [-0.3, -0.25) is 0 Å². The summed E-state index contributed by atoms with van der Waals surface area (Å²) in [6, 6.07) is 32.6. The zero-order valence-electron chi connectivity index (χ0n) is 20.0. The minimum absolute atomic E-state index is 0.311. The normalized spacial score (nSPS) is 11.1. The van der Waals surface area contributed by atoms with Crippen LogP contribution >= 0.6 is 0 Å². The Balaban J connectivity index is 1.61. The molecule has 0 N–H and O–H groups in total. The lowest BCUT2D eigenvalue weighted by Crippen LogP contribution is -1.99. The first-order chi connectivity index (χ1) is 17.1. The molecule has 0 aliphatic carbocycles. The molecule has 0 aliphatic rings. The van der Waals surface area contributed by atoms with E-state index in [1.807, 2.05) is 60.7 Å². The van der Waals surface area contributed by atoms with E-state index in [-0.39, 0.29) is 0 Å². The second-order valence-electron chi connectivity index (χ2n) is 8.59. The number of aryl methyl sites for hydroxylation is 2. The maximum absolute atomic E-state index is 10.1. The molecule has 0 amide bonds. The van der Waals surface area contributed by atoms with Crippen LogP contribution in [0.15, 0.2) is 100 Å². The maximum Gasteiger partial charge on any atom is 0.238 e. The Kier molecular flexibility index (Phi) is 5.91. The molecular formula is C31H25N3O. The van der Waals surface area contributed by atoms with Crippen LogP contribution in [0.4, 0.5) is 5.88 Å². The van der Waals surface area contributed by atoms with Crippen LogP contribution in [0.5, 0.6) is 0 Å². The summed E-state index contributed by atoms with van der Waals surface area (Å²) in [4.78, 5) is 4.68. The van der Waals surface area contributed by atoms with Crippen LogP contribution in [0.25, 0.3) is 28.1 Å². The third-order valence-electron chi connectivity index (χ3n) is 6.18. The van der Waals surface area contributed by atoms with Crippen molar-refractivity contribution in [1.82, 2.24) is 4.57 Å². The molecule has 0 saturated carbocycles. The molecule has 0 radical (unpaired) electrons. The molecule has 0 atom stereocenters. The van der Waals surface area contributed by atoms with E-state index in [2.05, 4.69) is 66.7 Å². The maximum atomic E-state index is 10.1. The molecule has 0 aliphatic heterocycles. The van der Waals surface area contributed by atoms with Crippen LogP contribution in [-0.2, 0) is 0 Å². The second-order valence-corrected chi connectivity index (χ2v) is 8.59. The molecule has 170 valence electrons. The lowest BCUT2D eigenvalue weighted by Gasteiger charge is -2.09. The number of hydrogen-bond acceptors (Lipinski definition) is 3. The number of rotatable bonds is 5. The highest BCUT2D eigenvalue weighted by Crippen LogP contribution is 2.42. The van der Waals surface area contributed by atoms with Gasteiger partial charge in [0.15, 0.2) is 0 Å². The molecule has 5 aromatic rings. The fourth-order valence-electron chi connectivity index (χ4n) is 4.42. The van der Waals surface area contributed by atoms with Crippen molar-refractivity contribution >= 4 is 12.1 Å². The summed E-state index contributed by atoms with van der Waals surface area (Å²) < 4.78 is 8.45. The third kappa shape index (κ3) is 4.20. The average Bonchev–Trinajstić information content (AvgIpc) is 3.40. The van der Waals surface area contributed by atoms with E-state index in [1.54, 1.807) is 6.21 Å². The SMILES string of the molecule is Cc1ccc(-n2c(C)cc(C=Nc3oc(-c4ccccc4)c(-c4ccccc4)c3C#N)c2C)cc1. The summed E-state index contributed by atoms with van der Waals surface area (Å²) in [6.07, 6.45) is 1.79. The van der Waals surface area contributed by atoms with Crippen molar-refractivity contribution in [3.05, 3.63) is 119 Å². The third-order valence-corrected chi connectivity index (χ3v) is 6.18. The van der Waals surface area contributed by atoms with E-state index in [9.17, 15) is 5.26 Å². The second kappa shape index (κ2) is 9.32. The Morgan fingerprint density at radius 3 is 2.09 bits per heavy atom. The van der Waals surface area contributed by atoms with Crippen molar-refractivity contribution < 1.29 is 4.42 Å². The van der Waals surface area contributed by atoms with Crippen molar-refractivity contribution in [3.63, 3.8) is 0 Å². The summed E-state index contributed by atoms with van der Waals surface area (Å²) in [7, 11) is 0.